The molecule has 1 aliphatic rings. The van der Waals surface area contributed by atoms with Crippen LogP contribution in [-0.2, 0) is 16.1 Å². The molecular formula is C18H20N2O2. The van der Waals surface area contributed by atoms with Crippen LogP contribution in [0.5, 0.6) is 0 Å². The SMILES string of the molecule is O=C(CN1CCCNc2ccccc21)OCc1ccccc1. The van der Waals surface area contributed by atoms with Crippen molar-refractivity contribution in [1.29, 1.82) is 0 Å². The maximum Gasteiger partial charge on any atom is 0.325 e. The molecule has 1 aliphatic heterocycles. The number of anilines is 2. The van der Waals surface area contributed by atoms with E-state index in [9.17, 15) is 4.79 Å². The molecule has 0 saturated heterocycles. The Balaban J connectivity index is 1.61. The topological polar surface area (TPSA) is 41.6 Å². The van der Waals surface area contributed by atoms with Crippen molar-refractivity contribution in [3.05, 3.63) is 60.2 Å². The first-order chi connectivity index (χ1) is 10.8. The molecule has 2 aromatic carbocycles. The van der Waals surface area contributed by atoms with Crippen molar-refractivity contribution in [2.75, 3.05) is 29.9 Å². The van der Waals surface area contributed by atoms with E-state index in [1.54, 1.807) is 0 Å². The summed E-state index contributed by atoms with van der Waals surface area (Å²) >= 11 is 0. The Hall–Kier alpha value is -2.49. The zero-order valence-corrected chi connectivity index (χ0v) is 12.5. The molecule has 1 N–H and O–H groups in total. The van der Waals surface area contributed by atoms with Gasteiger partial charge in [-0.15, -0.1) is 0 Å². The van der Waals surface area contributed by atoms with Gasteiger partial charge in [0.1, 0.15) is 13.2 Å². The van der Waals surface area contributed by atoms with E-state index >= 15 is 0 Å². The van der Waals surface area contributed by atoms with Gasteiger partial charge in [0.05, 0.1) is 11.4 Å². The van der Waals surface area contributed by atoms with E-state index in [1.807, 2.05) is 54.6 Å². The summed E-state index contributed by atoms with van der Waals surface area (Å²) in [6.07, 6.45) is 1.00. The number of esters is 1. The minimum Gasteiger partial charge on any atom is -0.459 e. The molecule has 114 valence electrons. The van der Waals surface area contributed by atoms with Crippen LogP contribution in [0.25, 0.3) is 0 Å². The highest BCUT2D eigenvalue weighted by Gasteiger charge is 2.17. The van der Waals surface area contributed by atoms with E-state index in [0.717, 1.165) is 36.4 Å². The lowest BCUT2D eigenvalue weighted by molar-refractivity contribution is -0.143. The second-order valence-electron chi connectivity index (χ2n) is 5.37. The molecule has 0 saturated carbocycles. The average Bonchev–Trinajstić information content (AvgIpc) is 2.77. The molecule has 0 aliphatic carbocycles. The predicted molar refractivity (Wildman–Crippen MR) is 88.0 cm³/mol. The third kappa shape index (κ3) is 3.58. The summed E-state index contributed by atoms with van der Waals surface area (Å²) < 4.78 is 5.39. The van der Waals surface area contributed by atoms with Gasteiger partial charge in [-0.1, -0.05) is 42.5 Å². The normalized spacial score (nSPS) is 13.7. The van der Waals surface area contributed by atoms with Gasteiger partial charge in [0.2, 0.25) is 0 Å². The fraction of sp³-hybridized carbons (Fsp3) is 0.278. The molecule has 2 aromatic rings. The minimum atomic E-state index is -0.194. The van der Waals surface area contributed by atoms with Crippen LogP contribution < -0.4 is 10.2 Å². The van der Waals surface area contributed by atoms with E-state index in [4.69, 9.17) is 4.74 Å². The summed E-state index contributed by atoms with van der Waals surface area (Å²) in [7, 11) is 0. The van der Waals surface area contributed by atoms with Crippen molar-refractivity contribution in [2.45, 2.75) is 13.0 Å². The lowest BCUT2D eigenvalue weighted by atomic mass is 10.2. The third-order valence-corrected chi connectivity index (χ3v) is 3.73. The van der Waals surface area contributed by atoms with E-state index in [-0.39, 0.29) is 12.5 Å². The first-order valence-corrected chi connectivity index (χ1v) is 7.60. The highest BCUT2D eigenvalue weighted by atomic mass is 16.5. The molecule has 22 heavy (non-hydrogen) atoms. The van der Waals surface area contributed by atoms with Crippen LogP contribution in [-0.4, -0.2) is 25.6 Å². The smallest absolute Gasteiger partial charge is 0.325 e. The Bertz CT molecular complexity index is 628. The van der Waals surface area contributed by atoms with Gasteiger partial charge in [-0.05, 0) is 24.1 Å². The zero-order valence-electron chi connectivity index (χ0n) is 12.5. The molecule has 3 rings (SSSR count). The van der Waals surface area contributed by atoms with Gasteiger partial charge >= 0.3 is 5.97 Å². The molecular weight excluding hydrogens is 276 g/mol. The number of ether oxygens (including phenoxy) is 1. The monoisotopic (exact) mass is 296 g/mol. The fourth-order valence-electron chi connectivity index (χ4n) is 2.62. The molecule has 0 radical (unpaired) electrons. The van der Waals surface area contributed by atoms with Gasteiger partial charge in [0, 0.05) is 13.1 Å². The summed E-state index contributed by atoms with van der Waals surface area (Å²) in [6.45, 7) is 2.38. The lowest BCUT2D eigenvalue weighted by Crippen LogP contribution is -2.31. The maximum atomic E-state index is 12.1. The number of carbonyl (C=O) groups excluding carboxylic acids is 1. The molecule has 0 atom stereocenters. The van der Waals surface area contributed by atoms with Crippen LogP contribution in [0.2, 0.25) is 0 Å². The van der Waals surface area contributed by atoms with Crippen LogP contribution in [0, 0.1) is 0 Å². The highest BCUT2D eigenvalue weighted by molar-refractivity contribution is 5.79. The molecule has 0 aromatic heterocycles. The number of hydrogen-bond acceptors (Lipinski definition) is 4. The molecule has 0 bridgehead atoms. The number of nitrogens with zero attached hydrogens (tertiary/aromatic N) is 1. The summed E-state index contributed by atoms with van der Waals surface area (Å²) in [6, 6.07) is 17.8. The van der Waals surface area contributed by atoms with Gasteiger partial charge in [-0.25, -0.2) is 0 Å². The fourth-order valence-corrected chi connectivity index (χ4v) is 2.62. The van der Waals surface area contributed by atoms with Crippen molar-refractivity contribution < 1.29 is 9.53 Å². The largest absolute Gasteiger partial charge is 0.459 e. The number of para-hydroxylation sites is 2. The van der Waals surface area contributed by atoms with Crippen LogP contribution in [0.15, 0.2) is 54.6 Å². The van der Waals surface area contributed by atoms with E-state index in [1.165, 1.54) is 0 Å². The zero-order chi connectivity index (χ0) is 15.2. The van der Waals surface area contributed by atoms with Crippen molar-refractivity contribution >= 4 is 17.3 Å². The van der Waals surface area contributed by atoms with Crippen LogP contribution >= 0.6 is 0 Å². The Morgan fingerprint density at radius 3 is 2.73 bits per heavy atom. The number of fused-ring (bicyclic) bond motifs is 1. The van der Waals surface area contributed by atoms with Gasteiger partial charge in [-0.2, -0.15) is 0 Å². The first-order valence-electron chi connectivity index (χ1n) is 7.60. The van der Waals surface area contributed by atoms with Gasteiger partial charge < -0.3 is 15.0 Å². The second-order valence-corrected chi connectivity index (χ2v) is 5.37. The average molecular weight is 296 g/mol. The molecule has 4 nitrogen and oxygen atoms in total. The molecule has 0 amide bonds. The first kappa shape index (κ1) is 14.4. The van der Waals surface area contributed by atoms with Gasteiger partial charge in [-0.3, -0.25) is 4.79 Å². The summed E-state index contributed by atoms with van der Waals surface area (Å²) in [5, 5.41) is 3.39. The van der Waals surface area contributed by atoms with Gasteiger partial charge in [0.15, 0.2) is 0 Å². The number of carbonyl (C=O) groups is 1. The number of hydrogen-bond donors (Lipinski definition) is 1. The van der Waals surface area contributed by atoms with Crippen molar-refractivity contribution in [1.82, 2.24) is 0 Å². The van der Waals surface area contributed by atoms with Crippen molar-refractivity contribution in [2.24, 2.45) is 0 Å². The number of rotatable bonds is 4. The molecule has 0 spiro atoms. The lowest BCUT2D eigenvalue weighted by Gasteiger charge is -2.23. The minimum absolute atomic E-state index is 0.194. The van der Waals surface area contributed by atoms with Crippen molar-refractivity contribution in [3.8, 4) is 0 Å². The van der Waals surface area contributed by atoms with Crippen LogP contribution in [0.4, 0.5) is 11.4 Å². The van der Waals surface area contributed by atoms with E-state index < -0.39 is 0 Å². The molecule has 4 heteroatoms. The quantitative estimate of drug-likeness (QED) is 0.881. The third-order valence-electron chi connectivity index (χ3n) is 3.73. The van der Waals surface area contributed by atoms with Crippen LogP contribution in [0.1, 0.15) is 12.0 Å². The molecule has 0 fully saturated rings. The predicted octanol–water partition coefficient (Wildman–Crippen LogP) is 3.05. The summed E-state index contributed by atoms with van der Waals surface area (Å²) in [5.41, 5.74) is 3.15. The van der Waals surface area contributed by atoms with Crippen LogP contribution in [0.3, 0.4) is 0 Å². The Morgan fingerprint density at radius 1 is 1.09 bits per heavy atom. The molecule has 0 unspecified atom stereocenters. The Labute approximate surface area is 130 Å². The second kappa shape index (κ2) is 6.98. The summed E-state index contributed by atoms with van der Waals surface area (Å²) in [4.78, 5) is 14.2. The number of benzene rings is 2. The standard InChI is InChI=1S/C18H20N2O2/c21-18(22-14-15-7-2-1-3-8-15)13-20-12-6-11-19-16-9-4-5-10-17(16)20/h1-5,7-10,19H,6,11-14H2. The van der Waals surface area contributed by atoms with E-state index in [2.05, 4.69) is 10.2 Å². The molecule has 1 heterocycles. The maximum absolute atomic E-state index is 12.1. The van der Waals surface area contributed by atoms with E-state index in [0.29, 0.717) is 6.61 Å². The van der Waals surface area contributed by atoms with Crippen molar-refractivity contribution in [3.63, 3.8) is 0 Å². The van der Waals surface area contributed by atoms with Gasteiger partial charge in [0.25, 0.3) is 0 Å². The summed E-state index contributed by atoms with van der Waals surface area (Å²) in [5.74, 6) is -0.194. The Morgan fingerprint density at radius 2 is 1.86 bits per heavy atom. The Kier molecular flexibility index (Phi) is 4.59. The number of nitrogens with one attached hydrogen (secondary N) is 1. The highest BCUT2D eigenvalue weighted by Crippen LogP contribution is 2.27.